The van der Waals surface area contributed by atoms with Crippen LogP contribution in [0.25, 0.3) is 0 Å². The molecule has 4 saturated carbocycles. The van der Waals surface area contributed by atoms with E-state index in [0.29, 0.717) is 35.3 Å². The summed E-state index contributed by atoms with van der Waals surface area (Å²) < 4.78 is 13.5. The lowest BCUT2D eigenvalue weighted by Gasteiger charge is -2.62. The fourth-order valence-electron chi connectivity index (χ4n) is 11.7. The molecule has 6 nitrogen and oxygen atoms in total. The van der Waals surface area contributed by atoms with E-state index in [4.69, 9.17) is 9.47 Å². The first-order chi connectivity index (χ1) is 19.0. The maximum Gasteiger partial charge on any atom is 0.303 e. The van der Waals surface area contributed by atoms with Crippen LogP contribution >= 0.6 is 0 Å². The van der Waals surface area contributed by atoms with E-state index < -0.39 is 0 Å². The molecule has 6 fully saturated rings. The molecule has 6 heteroatoms. The van der Waals surface area contributed by atoms with Crippen LogP contribution in [0, 0.1) is 34.5 Å². The Morgan fingerprint density at radius 2 is 1.48 bits per heavy atom. The van der Waals surface area contributed by atoms with Crippen LogP contribution in [-0.4, -0.2) is 78.8 Å². The molecule has 4 aliphatic carbocycles. The third kappa shape index (κ3) is 4.85. The lowest BCUT2D eigenvalue weighted by molar-refractivity contribution is -0.940. The van der Waals surface area contributed by atoms with Gasteiger partial charge in [0.25, 0.3) is 0 Å². The van der Waals surface area contributed by atoms with Crippen LogP contribution in [0.2, 0.25) is 0 Å². The molecule has 10 atom stereocenters. The average molecular weight is 558 g/mol. The molecule has 6 rings (SSSR count). The molecule has 0 aromatic heterocycles. The van der Waals surface area contributed by atoms with Crippen LogP contribution in [0.15, 0.2) is 0 Å². The van der Waals surface area contributed by atoms with Crippen molar-refractivity contribution in [2.45, 2.75) is 135 Å². The second-order valence-electron chi connectivity index (χ2n) is 15.8. The van der Waals surface area contributed by atoms with Crippen LogP contribution in [0.5, 0.6) is 0 Å². The lowest BCUT2D eigenvalue weighted by Crippen LogP contribution is -2.61. The molecule has 0 bridgehead atoms. The predicted molar refractivity (Wildman–Crippen MR) is 156 cm³/mol. The zero-order valence-corrected chi connectivity index (χ0v) is 26.2. The summed E-state index contributed by atoms with van der Waals surface area (Å²) in [6.45, 7) is 13.1. The van der Waals surface area contributed by atoms with Gasteiger partial charge in [0.15, 0.2) is 6.10 Å². The summed E-state index contributed by atoms with van der Waals surface area (Å²) in [5, 5.41) is 0. The fourth-order valence-corrected chi connectivity index (χ4v) is 11.7. The van der Waals surface area contributed by atoms with Crippen LogP contribution in [0.3, 0.4) is 0 Å². The Labute approximate surface area is 243 Å². The molecule has 6 aliphatic rings. The van der Waals surface area contributed by atoms with E-state index in [1.807, 2.05) is 0 Å². The van der Waals surface area contributed by atoms with E-state index in [1.54, 1.807) is 13.8 Å². The number of carbonyl (C=O) groups is 2. The number of esters is 2. The number of ether oxygens (including phenoxy) is 2. The molecule has 0 N–H and O–H groups in total. The zero-order chi connectivity index (χ0) is 28.3. The second kappa shape index (κ2) is 10.8. The predicted octanol–water partition coefficient (Wildman–Crippen LogP) is 5.97. The molecule has 0 radical (unpaired) electrons. The Bertz CT molecular complexity index is 958. The van der Waals surface area contributed by atoms with Gasteiger partial charge in [-0.2, -0.15) is 0 Å². The maximum atomic E-state index is 12.5. The lowest BCUT2D eigenvalue weighted by atomic mass is 9.44. The number of nitrogens with zero attached hydrogens (tertiary/aromatic N) is 2. The molecule has 2 heterocycles. The summed E-state index contributed by atoms with van der Waals surface area (Å²) >= 11 is 0. The molecule has 2 saturated heterocycles. The first kappa shape index (κ1) is 29.0. The molecular weight excluding hydrogens is 500 g/mol. The van der Waals surface area contributed by atoms with Gasteiger partial charge in [-0.25, -0.2) is 0 Å². The third-order valence-electron chi connectivity index (χ3n) is 13.7. The van der Waals surface area contributed by atoms with Crippen molar-refractivity contribution in [1.82, 2.24) is 4.90 Å². The summed E-state index contributed by atoms with van der Waals surface area (Å²) in [6, 6.07) is 0.796. The highest BCUT2D eigenvalue weighted by Crippen LogP contribution is 2.67. The van der Waals surface area contributed by atoms with Crippen molar-refractivity contribution in [2.24, 2.45) is 34.5 Å². The summed E-state index contributed by atoms with van der Waals surface area (Å²) in [5.74, 6) is 2.50. The van der Waals surface area contributed by atoms with E-state index in [9.17, 15) is 9.59 Å². The van der Waals surface area contributed by atoms with Crippen molar-refractivity contribution in [1.29, 1.82) is 0 Å². The Hall–Kier alpha value is -1.14. The highest BCUT2D eigenvalue weighted by atomic mass is 16.5. The number of hydrogen-bond donors (Lipinski definition) is 0. The van der Waals surface area contributed by atoms with Crippen molar-refractivity contribution in [3.8, 4) is 0 Å². The van der Waals surface area contributed by atoms with Gasteiger partial charge in [0, 0.05) is 31.7 Å². The van der Waals surface area contributed by atoms with Crippen LogP contribution < -0.4 is 0 Å². The maximum absolute atomic E-state index is 12.5. The molecule has 0 aromatic rings. The molecule has 2 aliphatic heterocycles. The summed E-state index contributed by atoms with van der Waals surface area (Å²) in [6.07, 6.45) is 16.3. The number of fused-ring (bicyclic) bond motifs is 5. The normalized spacial score (nSPS) is 46.9. The molecular formula is C34H57N2O4+. The van der Waals surface area contributed by atoms with E-state index in [-0.39, 0.29) is 29.6 Å². The van der Waals surface area contributed by atoms with Gasteiger partial charge < -0.3 is 14.0 Å². The van der Waals surface area contributed by atoms with Gasteiger partial charge in [0.1, 0.15) is 12.1 Å². The van der Waals surface area contributed by atoms with E-state index >= 15 is 0 Å². The Kier molecular flexibility index (Phi) is 7.85. The molecule has 40 heavy (non-hydrogen) atoms. The summed E-state index contributed by atoms with van der Waals surface area (Å²) in [4.78, 5) is 27.4. The minimum atomic E-state index is -0.111. The molecule has 0 amide bonds. The van der Waals surface area contributed by atoms with Crippen molar-refractivity contribution in [3.05, 3.63) is 0 Å². The van der Waals surface area contributed by atoms with Gasteiger partial charge in [-0.15, -0.1) is 0 Å². The highest BCUT2D eigenvalue weighted by Gasteiger charge is 2.67. The quantitative estimate of drug-likeness (QED) is 0.315. The molecule has 0 unspecified atom stereocenters. The average Bonchev–Trinajstić information content (AvgIpc) is 3.21. The first-order valence-corrected chi connectivity index (χ1v) is 17.0. The van der Waals surface area contributed by atoms with Crippen molar-refractivity contribution >= 4 is 11.9 Å². The zero-order valence-electron chi connectivity index (χ0n) is 26.2. The van der Waals surface area contributed by atoms with Crippen LogP contribution in [-0.2, 0) is 19.1 Å². The van der Waals surface area contributed by atoms with Crippen molar-refractivity contribution in [2.75, 3.05) is 33.2 Å². The fraction of sp³-hybridized carbons (Fsp3) is 0.941. The van der Waals surface area contributed by atoms with Gasteiger partial charge in [-0.1, -0.05) is 20.3 Å². The molecule has 0 aromatic carbocycles. The van der Waals surface area contributed by atoms with Gasteiger partial charge >= 0.3 is 11.9 Å². The van der Waals surface area contributed by atoms with Gasteiger partial charge in [-0.05, 0) is 113 Å². The Morgan fingerprint density at radius 3 is 2.15 bits per heavy atom. The Morgan fingerprint density at radius 1 is 0.800 bits per heavy atom. The van der Waals surface area contributed by atoms with E-state index in [2.05, 4.69) is 25.8 Å². The van der Waals surface area contributed by atoms with E-state index in [0.717, 1.165) is 29.9 Å². The van der Waals surface area contributed by atoms with Crippen molar-refractivity contribution in [3.63, 3.8) is 0 Å². The van der Waals surface area contributed by atoms with Crippen molar-refractivity contribution < 1.29 is 23.5 Å². The van der Waals surface area contributed by atoms with Crippen LogP contribution in [0.4, 0.5) is 0 Å². The number of piperidine rings is 2. The minimum absolute atomic E-state index is 0.0466. The molecule has 226 valence electrons. The van der Waals surface area contributed by atoms with Gasteiger partial charge in [0.05, 0.1) is 20.1 Å². The monoisotopic (exact) mass is 557 g/mol. The largest absolute Gasteiger partial charge is 0.461 e. The van der Waals surface area contributed by atoms with Crippen LogP contribution in [0.1, 0.15) is 111 Å². The Balaban J connectivity index is 1.29. The SMILES string of the molecule is CC(=O)O[C@@H]1C[C@@H]2CC[C@H]3[C@@H](CC[C@@]4(C)[C@@H]3C[C@H]([N+]3(C)CCCCC3)[C@@H]4OC(C)=O)[C@@]2(C)C[C@@H]1N1CCCCC1. The number of hydrogen-bond acceptors (Lipinski definition) is 5. The first-order valence-electron chi connectivity index (χ1n) is 17.0. The topological polar surface area (TPSA) is 55.8 Å². The van der Waals surface area contributed by atoms with E-state index in [1.165, 1.54) is 90.1 Å². The third-order valence-corrected chi connectivity index (χ3v) is 13.7. The smallest absolute Gasteiger partial charge is 0.303 e. The number of quaternary nitrogens is 1. The number of rotatable bonds is 4. The highest BCUT2D eigenvalue weighted by molar-refractivity contribution is 5.66. The molecule has 0 spiro atoms. The summed E-state index contributed by atoms with van der Waals surface area (Å²) in [5.41, 5.74) is 0.377. The van der Waals surface area contributed by atoms with Gasteiger partial charge in [-0.3, -0.25) is 14.5 Å². The number of likely N-dealkylation sites (tertiary alicyclic amines) is 2. The number of likely N-dealkylation sites (N-methyl/N-ethyl adjacent to an activating group) is 1. The number of carbonyl (C=O) groups excluding carboxylic acids is 2. The second-order valence-corrected chi connectivity index (χ2v) is 15.8. The summed E-state index contributed by atoms with van der Waals surface area (Å²) in [7, 11) is 2.47. The van der Waals surface area contributed by atoms with Gasteiger partial charge in [0.2, 0.25) is 0 Å². The minimum Gasteiger partial charge on any atom is -0.461 e. The standard InChI is InChI=1S/C34H57N2O4/c1-23(37)39-31-20-25-12-13-26-27(34(25,4)22-29(31)35-16-8-6-9-17-35)14-15-33(3)28(26)21-30(32(33)40-24(2)38)36(5)18-10-7-11-19-36/h25-32H,6-22H2,1-5H3/q+1/t25-,26-,27+,28+,29-,30-,31+,32-,33-,34-/m0/s1.